The van der Waals surface area contributed by atoms with Crippen LogP contribution < -0.4 is 5.32 Å². The Labute approximate surface area is 106 Å². The molecule has 0 fully saturated rings. The second-order valence-electron chi connectivity index (χ2n) is 4.78. The van der Waals surface area contributed by atoms with Gasteiger partial charge in [0.1, 0.15) is 0 Å². The summed E-state index contributed by atoms with van der Waals surface area (Å²) < 4.78 is 2.34. The van der Waals surface area contributed by atoms with Crippen LogP contribution in [0.15, 0.2) is 29.2 Å². The van der Waals surface area contributed by atoms with Gasteiger partial charge in [-0.15, -0.1) is 0 Å². The molecule has 17 heavy (non-hydrogen) atoms. The van der Waals surface area contributed by atoms with E-state index in [9.17, 15) is 0 Å². The summed E-state index contributed by atoms with van der Waals surface area (Å²) in [5.41, 5.74) is 4.45. The normalized spacial score (nSPS) is 19.2. The molecule has 1 aliphatic carbocycles. The number of nitrogens with zero attached hydrogens (tertiary/aromatic N) is 1. The van der Waals surface area contributed by atoms with Gasteiger partial charge in [0.15, 0.2) is 0 Å². The summed E-state index contributed by atoms with van der Waals surface area (Å²) in [6, 6.07) is 2.77. The number of hydrogen-bond donors (Lipinski definition) is 1. The minimum Gasteiger partial charge on any atom is -0.349 e. The fourth-order valence-corrected chi connectivity index (χ4v) is 3.39. The maximum absolute atomic E-state index is 3.42. The van der Waals surface area contributed by atoms with Crippen LogP contribution in [0, 0.1) is 0 Å². The summed E-state index contributed by atoms with van der Waals surface area (Å²) in [5.74, 6) is 0. The third-order valence-corrected chi connectivity index (χ3v) is 4.34. The molecule has 1 unspecified atom stereocenters. The summed E-state index contributed by atoms with van der Waals surface area (Å²) in [7, 11) is 2.07. The summed E-state index contributed by atoms with van der Waals surface area (Å²) in [4.78, 5) is 0. The summed E-state index contributed by atoms with van der Waals surface area (Å²) in [6.07, 6.45) is 8.47. The SMILES string of the molecule is CNC1CCCc2cn(Cc3ccsc3)cc21. The van der Waals surface area contributed by atoms with Gasteiger partial charge in [0.25, 0.3) is 0 Å². The van der Waals surface area contributed by atoms with Crippen LogP contribution in [-0.4, -0.2) is 11.6 Å². The number of fused-ring (bicyclic) bond motifs is 1. The Morgan fingerprint density at radius 1 is 1.47 bits per heavy atom. The number of aryl methyl sites for hydroxylation is 1. The Hall–Kier alpha value is -1.06. The second-order valence-corrected chi connectivity index (χ2v) is 5.56. The first kappa shape index (κ1) is 11.1. The number of nitrogens with one attached hydrogen (secondary N) is 1. The van der Waals surface area contributed by atoms with Gasteiger partial charge in [0.05, 0.1) is 0 Å². The van der Waals surface area contributed by atoms with Gasteiger partial charge < -0.3 is 9.88 Å². The summed E-state index contributed by atoms with van der Waals surface area (Å²) in [5, 5.41) is 7.80. The fraction of sp³-hybridized carbons (Fsp3) is 0.429. The lowest BCUT2D eigenvalue weighted by molar-refractivity contribution is 0.498. The van der Waals surface area contributed by atoms with E-state index < -0.39 is 0 Å². The lowest BCUT2D eigenvalue weighted by atomic mass is 9.91. The predicted octanol–water partition coefficient (Wildman–Crippen LogP) is 3.19. The van der Waals surface area contributed by atoms with Crippen LogP contribution in [0.5, 0.6) is 0 Å². The molecule has 90 valence electrons. The summed E-state index contributed by atoms with van der Waals surface area (Å²) in [6.45, 7) is 1.01. The topological polar surface area (TPSA) is 17.0 Å². The van der Waals surface area contributed by atoms with Gasteiger partial charge in [-0.05, 0) is 59.8 Å². The molecular formula is C14H18N2S. The maximum atomic E-state index is 3.42. The Kier molecular flexibility index (Phi) is 3.04. The molecule has 1 atom stereocenters. The van der Waals surface area contributed by atoms with E-state index in [1.165, 1.54) is 36.0 Å². The standard InChI is InChI=1S/C14H18N2S/c1-15-14-4-2-3-12-8-16(9-13(12)14)7-11-5-6-17-10-11/h5-6,8-10,14-15H,2-4,7H2,1H3. The van der Waals surface area contributed by atoms with E-state index in [1.54, 1.807) is 11.3 Å². The highest BCUT2D eigenvalue weighted by atomic mass is 32.1. The molecule has 0 amide bonds. The number of thiophene rings is 1. The van der Waals surface area contributed by atoms with E-state index in [0.717, 1.165) is 6.54 Å². The Morgan fingerprint density at radius 3 is 3.18 bits per heavy atom. The molecule has 2 heterocycles. The molecule has 0 aromatic carbocycles. The molecule has 2 nitrogen and oxygen atoms in total. The van der Waals surface area contributed by atoms with Crippen molar-refractivity contribution in [1.29, 1.82) is 0 Å². The van der Waals surface area contributed by atoms with Gasteiger partial charge in [0, 0.05) is 25.0 Å². The van der Waals surface area contributed by atoms with E-state index in [1.807, 2.05) is 0 Å². The third-order valence-electron chi connectivity index (χ3n) is 3.61. The van der Waals surface area contributed by atoms with E-state index in [4.69, 9.17) is 0 Å². The van der Waals surface area contributed by atoms with Crippen molar-refractivity contribution in [3.8, 4) is 0 Å². The minimum absolute atomic E-state index is 0.558. The van der Waals surface area contributed by atoms with Crippen LogP contribution in [0.25, 0.3) is 0 Å². The molecule has 1 aliphatic rings. The minimum atomic E-state index is 0.558. The molecule has 0 radical (unpaired) electrons. The molecule has 0 saturated carbocycles. The lowest BCUT2D eigenvalue weighted by Gasteiger charge is -2.21. The number of hydrogen-bond acceptors (Lipinski definition) is 2. The smallest absolute Gasteiger partial charge is 0.0478 e. The van der Waals surface area contributed by atoms with Gasteiger partial charge >= 0.3 is 0 Å². The van der Waals surface area contributed by atoms with E-state index >= 15 is 0 Å². The molecule has 2 aromatic heterocycles. The zero-order valence-corrected chi connectivity index (χ0v) is 11.0. The Balaban J connectivity index is 1.85. The van der Waals surface area contributed by atoms with Crippen molar-refractivity contribution in [2.24, 2.45) is 0 Å². The van der Waals surface area contributed by atoms with Crippen LogP contribution >= 0.6 is 11.3 Å². The lowest BCUT2D eigenvalue weighted by Crippen LogP contribution is -2.20. The Bertz CT molecular complexity index is 484. The zero-order valence-electron chi connectivity index (χ0n) is 10.1. The molecule has 0 aliphatic heterocycles. The van der Waals surface area contributed by atoms with Crippen molar-refractivity contribution in [2.45, 2.75) is 31.8 Å². The first-order valence-electron chi connectivity index (χ1n) is 6.23. The van der Waals surface area contributed by atoms with Gasteiger partial charge in [0.2, 0.25) is 0 Å². The van der Waals surface area contributed by atoms with E-state index in [-0.39, 0.29) is 0 Å². The van der Waals surface area contributed by atoms with Crippen LogP contribution in [0.4, 0.5) is 0 Å². The van der Waals surface area contributed by atoms with Crippen molar-refractivity contribution < 1.29 is 0 Å². The number of rotatable bonds is 3. The Morgan fingerprint density at radius 2 is 2.41 bits per heavy atom. The molecule has 1 N–H and O–H groups in total. The highest BCUT2D eigenvalue weighted by molar-refractivity contribution is 7.07. The fourth-order valence-electron chi connectivity index (χ4n) is 2.73. The van der Waals surface area contributed by atoms with Crippen molar-refractivity contribution in [3.05, 3.63) is 45.9 Å². The van der Waals surface area contributed by atoms with Crippen molar-refractivity contribution in [3.63, 3.8) is 0 Å². The molecule has 0 bridgehead atoms. The average molecular weight is 246 g/mol. The molecule has 0 saturated heterocycles. The van der Waals surface area contributed by atoms with Crippen LogP contribution in [-0.2, 0) is 13.0 Å². The molecule has 2 aromatic rings. The molecule has 3 heteroatoms. The van der Waals surface area contributed by atoms with Gasteiger partial charge in [-0.1, -0.05) is 0 Å². The van der Waals surface area contributed by atoms with Gasteiger partial charge in [-0.25, -0.2) is 0 Å². The highest BCUT2D eigenvalue weighted by Crippen LogP contribution is 2.30. The maximum Gasteiger partial charge on any atom is 0.0478 e. The predicted molar refractivity (Wildman–Crippen MR) is 72.6 cm³/mol. The van der Waals surface area contributed by atoms with Crippen LogP contribution in [0.1, 0.15) is 35.6 Å². The quantitative estimate of drug-likeness (QED) is 0.880. The second kappa shape index (κ2) is 4.67. The van der Waals surface area contributed by atoms with Crippen molar-refractivity contribution in [1.82, 2.24) is 9.88 Å². The first-order chi connectivity index (χ1) is 8.36. The largest absolute Gasteiger partial charge is 0.349 e. The van der Waals surface area contributed by atoms with Crippen LogP contribution in [0.3, 0.4) is 0 Å². The van der Waals surface area contributed by atoms with Crippen molar-refractivity contribution in [2.75, 3.05) is 7.05 Å². The molecular weight excluding hydrogens is 228 g/mol. The average Bonchev–Trinajstić information content (AvgIpc) is 2.97. The van der Waals surface area contributed by atoms with E-state index in [0.29, 0.717) is 6.04 Å². The van der Waals surface area contributed by atoms with E-state index in [2.05, 4.69) is 46.2 Å². The zero-order chi connectivity index (χ0) is 11.7. The van der Waals surface area contributed by atoms with Gasteiger partial charge in [-0.3, -0.25) is 0 Å². The third kappa shape index (κ3) is 2.17. The molecule has 0 spiro atoms. The highest BCUT2D eigenvalue weighted by Gasteiger charge is 2.20. The first-order valence-corrected chi connectivity index (χ1v) is 7.18. The van der Waals surface area contributed by atoms with Crippen LogP contribution in [0.2, 0.25) is 0 Å². The van der Waals surface area contributed by atoms with Crippen molar-refractivity contribution >= 4 is 11.3 Å². The molecule has 3 rings (SSSR count). The van der Waals surface area contributed by atoms with Gasteiger partial charge in [-0.2, -0.15) is 11.3 Å². The number of aromatic nitrogens is 1. The summed E-state index contributed by atoms with van der Waals surface area (Å²) >= 11 is 1.77. The monoisotopic (exact) mass is 246 g/mol.